The van der Waals surface area contributed by atoms with E-state index in [1.54, 1.807) is 30.3 Å². The van der Waals surface area contributed by atoms with Gasteiger partial charge in [0.05, 0.1) is 11.2 Å². The molecule has 0 aliphatic rings. The molecule has 0 bridgehead atoms. The summed E-state index contributed by atoms with van der Waals surface area (Å²) in [5.41, 5.74) is 4.47. The van der Waals surface area contributed by atoms with E-state index in [1.807, 2.05) is 25.1 Å². The van der Waals surface area contributed by atoms with E-state index < -0.39 is 12.6 Å². The van der Waals surface area contributed by atoms with Crippen molar-refractivity contribution in [3.8, 4) is 5.75 Å². The Morgan fingerprint density at radius 2 is 2.04 bits per heavy atom. The minimum atomic E-state index is -1.09. The first-order valence-corrected chi connectivity index (χ1v) is 7.99. The number of hydrogen-bond donors (Lipinski definition) is 2. The molecule has 0 radical (unpaired) electrons. The Morgan fingerprint density at radius 3 is 2.69 bits per heavy atom. The lowest BCUT2D eigenvalue weighted by molar-refractivity contribution is -0.139. The number of halogens is 1. The lowest BCUT2D eigenvalue weighted by atomic mass is 10.2. The molecule has 2 N–H and O–H groups in total. The number of rotatable bonds is 7. The van der Waals surface area contributed by atoms with Gasteiger partial charge < -0.3 is 14.7 Å². The number of hydrazone groups is 1. The molecule has 1 amide bonds. The van der Waals surface area contributed by atoms with Crippen LogP contribution in [0.1, 0.15) is 15.9 Å². The van der Waals surface area contributed by atoms with Crippen LogP contribution in [0.2, 0.25) is 5.02 Å². The van der Waals surface area contributed by atoms with Crippen LogP contribution >= 0.6 is 11.6 Å². The molecule has 2 aromatic rings. The highest BCUT2D eigenvalue weighted by Crippen LogP contribution is 2.24. The summed E-state index contributed by atoms with van der Waals surface area (Å²) in [6.45, 7) is -0.477. The van der Waals surface area contributed by atoms with Gasteiger partial charge in [-0.3, -0.25) is 4.79 Å². The van der Waals surface area contributed by atoms with E-state index in [9.17, 15) is 9.59 Å². The van der Waals surface area contributed by atoms with E-state index in [-0.39, 0.29) is 16.7 Å². The van der Waals surface area contributed by atoms with Gasteiger partial charge in [0, 0.05) is 25.3 Å². The largest absolute Gasteiger partial charge is 0.480 e. The van der Waals surface area contributed by atoms with Crippen LogP contribution in [0.15, 0.2) is 47.6 Å². The van der Waals surface area contributed by atoms with E-state index in [0.717, 1.165) is 5.69 Å². The SMILES string of the molecule is CN(C)c1cccc(C(=O)N/N=C\c2ccc(OCC(=O)O)c(Cl)c2)c1. The maximum atomic E-state index is 12.1. The third-order valence-electron chi connectivity index (χ3n) is 3.31. The Bertz CT molecular complexity index is 837. The third kappa shape index (κ3) is 5.49. The predicted octanol–water partition coefficient (Wildman–Crippen LogP) is 2.63. The Hall–Kier alpha value is -3.06. The number of nitrogens with zero attached hydrogens (tertiary/aromatic N) is 2. The summed E-state index contributed by atoms with van der Waals surface area (Å²) in [5.74, 6) is -1.17. The second kappa shape index (κ2) is 8.87. The number of carboxylic acids is 1. The number of ether oxygens (including phenoxy) is 1. The fraction of sp³-hybridized carbons (Fsp3) is 0.167. The van der Waals surface area contributed by atoms with Crippen molar-refractivity contribution < 1.29 is 19.4 Å². The average Bonchev–Trinajstić information content (AvgIpc) is 2.60. The number of carboxylic acid groups (broad SMARTS) is 1. The molecule has 7 nitrogen and oxygen atoms in total. The number of carbonyl (C=O) groups excluding carboxylic acids is 1. The Labute approximate surface area is 155 Å². The molecular formula is C18H18ClN3O4. The summed E-state index contributed by atoms with van der Waals surface area (Å²) in [6, 6.07) is 11.9. The molecule has 26 heavy (non-hydrogen) atoms. The normalized spacial score (nSPS) is 10.6. The zero-order valence-corrected chi connectivity index (χ0v) is 15.0. The van der Waals surface area contributed by atoms with Crippen molar-refractivity contribution in [2.45, 2.75) is 0 Å². The summed E-state index contributed by atoms with van der Waals surface area (Å²) >= 11 is 6.03. The number of aliphatic carboxylic acids is 1. The molecule has 0 unspecified atom stereocenters. The average molecular weight is 376 g/mol. The number of amides is 1. The first kappa shape index (κ1) is 19.3. The van der Waals surface area contributed by atoms with Crippen molar-refractivity contribution in [2.24, 2.45) is 5.10 Å². The smallest absolute Gasteiger partial charge is 0.341 e. The molecule has 0 saturated heterocycles. The fourth-order valence-electron chi connectivity index (χ4n) is 2.01. The topological polar surface area (TPSA) is 91.2 Å². The quantitative estimate of drug-likeness (QED) is 0.573. The van der Waals surface area contributed by atoms with Gasteiger partial charge in [-0.05, 0) is 42.0 Å². The summed E-state index contributed by atoms with van der Waals surface area (Å²) in [5, 5.41) is 12.8. The monoisotopic (exact) mass is 375 g/mol. The van der Waals surface area contributed by atoms with Crippen molar-refractivity contribution in [3.05, 3.63) is 58.6 Å². The molecule has 0 aliphatic carbocycles. The van der Waals surface area contributed by atoms with Crippen LogP contribution in [0.5, 0.6) is 5.75 Å². The highest BCUT2D eigenvalue weighted by atomic mass is 35.5. The van der Waals surface area contributed by atoms with Gasteiger partial charge in [-0.2, -0.15) is 5.10 Å². The summed E-state index contributed by atoms with van der Waals surface area (Å²) in [4.78, 5) is 24.5. The molecular weight excluding hydrogens is 358 g/mol. The second-order valence-electron chi connectivity index (χ2n) is 5.52. The van der Waals surface area contributed by atoms with Gasteiger partial charge in [0.25, 0.3) is 5.91 Å². The zero-order valence-electron chi connectivity index (χ0n) is 14.3. The van der Waals surface area contributed by atoms with Crippen molar-refractivity contribution in [3.63, 3.8) is 0 Å². The highest BCUT2D eigenvalue weighted by Gasteiger charge is 2.07. The van der Waals surface area contributed by atoms with Crippen molar-refractivity contribution in [2.75, 3.05) is 25.6 Å². The van der Waals surface area contributed by atoms with Gasteiger partial charge in [-0.15, -0.1) is 0 Å². The lowest BCUT2D eigenvalue weighted by Crippen LogP contribution is -2.18. The summed E-state index contributed by atoms with van der Waals surface area (Å²) in [6.07, 6.45) is 1.43. The molecule has 0 heterocycles. The number of anilines is 1. The highest BCUT2D eigenvalue weighted by molar-refractivity contribution is 6.32. The van der Waals surface area contributed by atoms with Crippen LogP contribution in [-0.4, -0.2) is 43.9 Å². The Balaban J connectivity index is 1.99. The standard InChI is InChI=1S/C18H18ClN3O4/c1-22(2)14-5-3-4-13(9-14)18(25)21-20-10-12-6-7-16(15(19)8-12)26-11-17(23)24/h3-10H,11H2,1-2H3,(H,21,25)(H,23,24)/b20-10-. The molecule has 0 aromatic heterocycles. The van der Waals surface area contributed by atoms with Crippen LogP contribution in [0, 0.1) is 0 Å². The maximum absolute atomic E-state index is 12.1. The van der Waals surface area contributed by atoms with Gasteiger partial charge in [-0.25, -0.2) is 10.2 Å². The molecule has 8 heteroatoms. The van der Waals surface area contributed by atoms with Crippen molar-refractivity contribution >= 4 is 35.4 Å². The predicted molar refractivity (Wildman–Crippen MR) is 100 cm³/mol. The number of nitrogens with one attached hydrogen (secondary N) is 1. The lowest BCUT2D eigenvalue weighted by Gasteiger charge is -2.12. The van der Waals surface area contributed by atoms with Gasteiger partial charge in [-0.1, -0.05) is 17.7 Å². The first-order valence-electron chi connectivity index (χ1n) is 7.62. The summed E-state index contributed by atoms with van der Waals surface area (Å²) in [7, 11) is 3.78. The van der Waals surface area contributed by atoms with Crippen LogP contribution in [0.4, 0.5) is 5.69 Å². The molecule has 0 saturated carbocycles. The fourth-order valence-corrected chi connectivity index (χ4v) is 2.25. The second-order valence-corrected chi connectivity index (χ2v) is 5.92. The minimum Gasteiger partial charge on any atom is -0.480 e. The van der Waals surface area contributed by atoms with Crippen LogP contribution in [0.3, 0.4) is 0 Å². The van der Waals surface area contributed by atoms with Gasteiger partial charge in [0.2, 0.25) is 0 Å². The Morgan fingerprint density at radius 1 is 1.27 bits per heavy atom. The van der Waals surface area contributed by atoms with Gasteiger partial charge in [0.1, 0.15) is 5.75 Å². The Kier molecular flexibility index (Phi) is 6.57. The first-order chi connectivity index (χ1) is 12.4. The van der Waals surface area contributed by atoms with E-state index >= 15 is 0 Å². The molecule has 0 aliphatic heterocycles. The van der Waals surface area contributed by atoms with E-state index in [4.69, 9.17) is 21.4 Å². The van der Waals surface area contributed by atoms with Crippen molar-refractivity contribution in [1.82, 2.24) is 5.43 Å². The maximum Gasteiger partial charge on any atom is 0.341 e. The molecule has 2 rings (SSSR count). The molecule has 136 valence electrons. The zero-order chi connectivity index (χ0) is 19.1. The van der Waals surface area contributed by atoms with E-state index in [1.165, 1.54) is 12.3 Å². The van der Waals surface area contributed by atoms with Gasteiger partial charge >= 0.3 is 5.97 Å². The molecule has 0 spiro atoms. The molecule has 0 atom stereocenters. The van der Waals surface area contributed by atoms with Crippen molar-refractivity contribution in [1.29, 1.82) is 0 Å². The van der Waals surface area contributed by atoms with Crippen LogP contribution in [-0.2, 0) is 4.79 Å². The number of carbonyl (C=O) groups is 2. The molecule has 2 aromatic carbocycles. The van der Waals surface area contributed by atoms with E-state index in [2.05, 4.69) is 10.5 Å². The van der Waals surface area contributed by atoms with Crippen LogP contribution < -0.4 is 15.1 Å². The van der Waals surface area contributed by atoms with Gasteiger partial charge in [0.15, 0.2) is 6.61 Å². The number of hydrogen-bond acceptors (Lipinski definition) is 5. The minimum absolute atomic E-state index is 0.250. The van der Waals surface area contributed by atoms with E-state index in [0.29, 0.717) is 11.1 Å². The number of benzene rings is 2. The third-order valence-corrected chi connectivity index (χ3v) is 3.61. The summed E-state index contributed by atoms with van der Waals surface area (Å²) < 4.78 is 5.03. The van der Waals surface area contributed by atoms with Crippen LogP contribution in [0.25, 0.3) is 0 Å². The molecule has 0 fully saturated rings.